The number of hydrogen-bond acceptors (Lipinski definition) is 6. The number of rotatable bonds is 15. The predicted molar refractivity (Wildman–Crippen MR) is 211 cm³/mol. The lowest BCUT2D eigenvalue weighted by Gasteiger charge is -2.42. The SMILES string of the molecule is CNC1CCCCC1.C[C@@H](c1cccc(Cl)c1F)C(C=O)NC1(c2ccc(Cl)cc2NC=O)CCCCC1.O=CN1CCC(CCCCC(=O)O)CC1. The van der Waals surface area contributed by atoms with E-state index in [0.29, 0.717) is 28.6 Å². The van der Waals surface area contributed by atoms with Gasteiger partial charge in [-0.05, 0) is 87.2 Å². The predicted octanol–water partition coefficient (Wildman–Crippen LogP) is 8.86. The van der Waals surface area contributed by atoms with Gasteiger partial charge in [-0.1, -0.05) is 99.7 Å². The molecule has 4 N–H and O–H groups in total. The number of amides is 2. The van der Waals surface area contributed by atoms with Crippen LogP contribution in [0.15, 0.2) is 36.4 Å². The number of carboxylic acid groups (broad SMARTS) is 1. The summed E-state index contributed by atoms with van der Waals surface area (Å²) in [5.74, 6) is -0.955. The van der Waals surface area contributed by atoms with E-state index in [1.165, 1.54) is 38.2 Å². The molecule has 3 aliphatic rings. The third-order valence-corrected chi connectivity index (χ3v) is 11.6. The van der Waals surface area contributed by atoms with E-state index in [2.05, 4.69) is 23.0 Å². The van der Waals surface area contributed by atoms with Crippen molar-refractivity contribution in [3.8, 4) is 0 Å². The van der Waals surface area contributed by atoms with Crippen molar-refractivity contribution in [2.45, 2.75) is 133 Å². The van der Waals surface area contributed by atoms with E-state index in [-0.39, 0.29) is 11.4 Å². The first kappa shape index (κ1) is 44.3. The second-order valence-electron chi connectivity index (χ2n) is 14.7. The van der Waals surface area contributed by atoms with Gasteiger partial charge in [0, 0.05) is 47.7 Å². The molecular formula is C41H59Cl2FN4O5. The van der Waals surface area contributed by atoms with Gasteiger partial charge in [0.2, 0.25) is 12.8 Å². The Morgan fingerprint density at radius 1 is 0.981 bits per heavy atom. The number of hydrogen-bond donors (Lipinski definition) is 4. The number of aldehydes is 1. The van der Waals surface area contributed by atoms with Crippen LogP contribution in [0.3, 0.4) is 0 Å². The van der Waals surface area contributed by atoms with Crippen molar-refractivity contribution >= 4 is 54.0 Å². The second kappa shape index (κ2) is 23.7. The summed E-state index contributed by atoms with van der Waals surface area (Å²) in [5.41, 5.74) is 1.34. The molecule has 2 aromatic rings. The van der Waals surface area contributed by atoms with Gasteiger partial charge in [0.05, 0.1) is 11.1 Å². The summed E-state index contributed by atoms with van der Waals surface area (Å²) in [6.07, 6.45) is 19.4. The molecule has 2 atom stereocenters. The molecule has 12 heteroatoms. The average molecular weight is 778 g/mol. The summed E-state index contributed by atoms with van der Waals surface area (Å²) < 4.78 is 14.6. The number of nitrogens with one attached hydrogen (secondary N) is 3. The first-order chi connectivity index (χ1) is 25.6. The summed E-state index contributed by atoms with van der Waals surface area (Å²) in [7, 11) is 2.07. The van der Waals surface area contributed by atoms with Crippen LogP contribution in [0.4, 0.5) is 10.1 Å². The first-order valence-electron chi connectivity index (χ1n) is 19.3. The van der Waals surface area contributed by atoms with Gasteiger partial charge in [-0.2, -0.15) is 0 Å². The Hall–Kier alpha value is -3.05. The third-order valence-electron chi connectivity index (χ3n) is 11.1. The van der Waals surface area contributed by atoms with Gasteiger partial charge in [-0.25, -0.2) is 4.39 Å². The maximum atomic E-state index is 14.6. The molecule has 1 heterocycles. The summed E-state index contributed by atoms with van der Waals surface area (Å²) in [5, 5.41) is 18.6. The number of unbranched alkanes of at least 4 members (excludes halogenated alkanes) is 1. The van der Waals surface area contributed by atoms with Crippen LogP contribution >= 0.6 is 23.2 Å². The highest BCUT2D eigenvalue weighted by molar-refractivity contribution is 6.31. The van der Waals surface area contributed by atoms with Crippen molar-refractivity contribution in [1.82, 2.24) is 15.5 Å². The molecule has 2 saturated carbocycles. The zero-order valence-electron chi connectivity index (χ0n) is 31.4. The molecule has 5 rings (SSSR count). The Kier molecular flexibility index (Phi) is 19.8. The highest BCUT2D eigenvalue weighted by Gasteiger charge is 2.39. The fourth-order valence-electron chi connectivity index (χ4n) is 7.87. The average Bonchev–Trinajstić information content (AvgIpc) is 3.18. The normalized spacial score (nSPS) is 18.6. The van der Waals surface area contributed by atoms with Crippen LogP contribution in [-0.4, -0.2) is 67.3 Å². The van der Waals surface area contributed by atoms with Gasteiger partial charge in [0.15, 0.2) is 0 Å². The van der Waals surface area contributed by atoms with Crippen molar-refractivity contribution in [3.63, 3.8) is 0 Å². The van der Waals surface area contributed by atoms with E-state index in [0.717, 1.165) is 102 Å². The summed E-state index contributed by atoms with van der Waals surface area (Å²) >= 11 is 12.1. The van der Waals surface area contributed by atoms with Gasteiger partial charge < -0.3 is 25.4 Å². The number of aliphatic carboxylic acids is 1. The van der Waals surface area contributed by atoms with Crippen molar-refractivity contribution in [2.75, 3.05) is 25.5 Å². The van der Waals surface area contributed by atoms with Crippen LogP contribution in [0, 0.1) is 11.7 Å². The maximum Gasteiger partial charge on any atom is 0.303 e. The molecule has 2 aromatic carbocycles. The fraction of sp³-hybridized carbons (Fsp3) is 0.610. The lowest BCUT2D eigenvalue weighted by atomic mass is 9.74. The Bertz CT molecular complexity index is 1430. The van der Waals surface area contributed by atoms with Crippen molar-refractivity contribution in [1.29, 1.82) is 0 Å². The highest BCUT2D eigenvalue weighted by atomic mass is 35.5. The molecule has 3 fully saturated rings. The fourth-order valence-corrected chi connectivity index (χ4v) is 8.23. The quantitative estimate of drug-likeness (QED) is 0.105. The van der Waals surface area contributed by atoms with E-state index in [1.807, 2.05) is 17.9 Å². The van der Waals surface area contributed by atoms with Gasteiger partial charge in [0.25, 0.3) is 0 Å². The number of carbonyl (C=O) groups is 4. The molecule has 2 aliphatic carbocycles. The second-order valence-corrected chi connectivity index (χ2v) is 15.5. The molecule has 0 aromatic heterocycles. The minimum absolute atomic E-state index is 0.0338. The molecule has 0 bridgehead atoms. The van der Waals surface area contributed by atoms with Crippen LogP contribution in [0.1, 0.15) is 127 Å². The molecule has 9 nitrogen and oxygen atoms in total. The Morgan fingerprint density at radius 3 is 2.25 bits per heavy atom. The molecule has 0 spiro atoms. The van der Waals surface area contributed by atoms with Crippen LogP contribution in [0.5, 0.6) is 0 Å². The molecule has 294 valence electrons. The minimum Gasteiger partial charge on any atom is -0.481 e. The van der Waals surface area contributed by atoms with Crippen LogP contribution in [0.25, 0.3) is 0 Å². The minimum atomic E-state index is -0.703. The summed E-state index contributed by atoms with van der Waals surface area (Å²) in [6, 6.07) is 10.4. The largest absolute Gasteiger partial charge is 0.481 e. The third kappa shape index (κ3) is 14.3. The van der Waals surface area contributed by atoms with Gasteiger partial charge in [-0.3, -0.25) is 19.7 Å². The van der Waals surface area contributed by atoms with Crippen LogP contribution in [-0.2, 0) is 24.7 Å². The van der Waals surface area contributed by atoms with E-state index in [4.69, 9.17) is 28.3 Å². The topological polar surface area (TPSA) is 128 Å². The van der Waals surface area contributed by atoms with Gasteiger partial charge in [-0.15, -0.1) is 0 Å². The van der Waals surface area contributed by atoms with Gasteiger partial charge >= 0.3 is 5.97 Å². The molecule has 1 aliphatic heterocycles. The molecule has 1 unspecified atom stereocenters. The number of carboxylic acids is 1. The van der Waals surface area contributed by atoms with Crippen LogP contribution < -0.4 is 16.0 Å². The number of halogens is 3. The number of likely N-dealkylation sites (tertiary alicyclic amines) is 1. The van der Waals surface area contributed by atoms with E-state index >= 15 is 0 Å². The van der Waals surface area contributed by atoms with E-state index in [9.17, 15) is 23.6 Å². The molecule has 2 amide bonds. The van der Waals surface area contributed by atoms with E-state index < -0.39 is 29.3 Å². The molecular weight excluding hydrogens is 718 g/mol. The zero-order chi connectivity index (χ0) is 38.6. The smallest absolute Gasteiger partial charge is 0.303 e. The number of benzene rings is 2. The monoisotopic (exact) mass is 776 g/mol. The number of nitrogens with zero attached hydrogens (tertiary/aromatic N) is 1. The lowest BCUT2D eigenvalue weighted by Crippen LogP contribution is -2.52. The Balaban J connectivity index is 0.000000270. The van der Waals surface area contributed by atoms with Crippen molar-refractivity contribution in [3.05, 3.63) is 63.4 Å². The molecule has 1 saturated heterocycles. The highest BCUT2D eigenvalue weighted by Crippen LogP contribution is 2.42. The number of carbonyl (C=O) groups excluding carboxylic acids is 3. The first-order valence-corrected chi connectivity index (χ1v) is 20.1. The standard InChI is InChI=1S/C23H25Cl2FN2O2.C11H19NO3.C7H15N/c1-15(17-6-5-7-19(25)22(17)26)21(13-29)28-23(10-3-2-4-11-23)18-9-8-16(24)12-20(18)27-14-30;13-9-12-7-5-10(6-8-12)3-1-2-4-11(14)15;1-8-7-5-3-2-4-6-7/h5-9,12-15,21,28H,2-4,10-11H2,1H3,(H,27,30);9-10H,1-8H2,(H,14,15);7-8H,2-6H2,1H3/t15-,21?;;/m0../s1. The zero-order valence-corrected chi connectivity index (χ0v) is 32.9. The molecule has 53 heavy (non-hydrogen) atoms. The van der Waals surface area contributed by atoms with Crippen molar-refractivity contribution in [2.24, 2.45) is 5.92 Å². The summed E-state index contributed by atoms with van der Waals surface area (Å²) in [6.45, 7) is 3.55. The Morgan fingerprint density at radius 2 is 1.66 bits per heavy atom. The summed E-state index contributed by atoms with van der Waals surface area (Å²) in [4.78, 5) is 45.9. The number of anilines is 1. The van der Waals surface area contributed by atoms with Crippen molar-refractivity contribution < 1.29 is 28.7 Å². The Labute approximate surface area is 325 Å². The number of piperidine rings is 1. The molecule has 0 radical (unpaired) electrons. The van der Waals surface area contributed by atoms with E-state index in [1.54, 1.807) is 24.3 Å². The maximum absolute atomic E-state index is 14.6. The van der Waals surface area contributed by atoms with Gasteiger partial charge in [0.1, 0.15) is 12.1 Å². The van der Waals surface area contributed by atoms with Crippen LogP contribution in [0.2, 0.25) is 10.0 Å². The lowest BCUT2D eigenvalue weighted by molar-refractivity contribution is -0.137.